The van der Waals surface area contributed by atoms with Crippen molar-refractivity contribution in [2.45, 2.75) is 12.3 Å². The molecule has 1 heterocycles. The molecule has 0 aliphatic heterocycles. The molecule has 0 saturated carbocycles. The summed E-state index contributed by atoms with van der Waals surface area (Å²) in [5, 5.41) is 0. The summed E-state index contributed by atoms with van der Waals surface area (Å²) in [4.78, 5) is 8.29. The molecule has 1 N–H and O–H groups in total. The molecule has 0 radical (unpaired) electrons. The van der Waals surface area contributed by atoms with Crippen LogP contribution in [-0.4, -0.2) is 9.97 Å². The summed E-state index contributed by atoms with van der Waals surface area (Å²) in [5.41, 5.74) is 4.10. The van der Waals surface area contributed by atoms with Crippen molar-refractivity contribution < 1.29 is 0 Å². The Balaban J connectivity index is 2.12. The maximum absolute atomic E-state index is 4.86. The lowest BCUT2D eigenvalue weighted by molar-refractivity contribution is 0.690. The number of nitrogens with one attached hydrogen (secondary N) is 1. The van der Waals surface area contributed by atoms with Crippen LogP contribution in [0, 0.1) is 6.92 Å². The molecule has 4 rings (SSSR count). The second-order valence-electron chi connectivity index (χ2n) is 6.24. The van der Waals surface area contributed by atoms with E-state index in [1.165, 1.54) is 16.7 Å². The van der Waals surface area contributed by atoms with E-state index in [0.29, 0.717) is 0 Å². The van der Waals surface area contributed by atoms with Crippen molar-refractivity contribution in [3.05, 3.63) is 125 Å². The van der Waals surface area contributed by atoms with Crippen LogP contribution in [0.15, 0.2) is 97.2 Å². The van der Waals surface area contributed by atoms with Gasteiger partial charge in [-0.3, -0.25) is 0 Å². The normalized spacial score (nSPS) is 11.4. The van der Waals surface area contributed by atoms with Crippen molar-refractivity contribution in [3.8, 4) is 0 Å². The molecule has 0 atom stereocenters. The first-order valence-electron chi connectivity index (χ1n) is 8.51. The lowest BCUT2D eigenvalue weighted by Crippen LogP contribution is -2.32. The number of hydrogen-bond acceptors (Lipinski definition) is 1. The summed E-state index contributed by atoms with van der Waals surface area (Å²) < 4.78 is 0. The molecular formula is C23H20N2. The number of benzene rings is 3. The van der Waals surface area contributed by atoms with Crippen LogP contribution < -0.4 is 0 Å². The van der Waals surface area contributed by atoms with Crippen molar-refractivity contribution in [3.63, 3.8) is 0 Å². The first-order valence-corrected chi connectivity index (χ1v) is 8.51. The van der Waals surface area contributed by atoms with Gasteiger partial charge in [-0.2, -0.15) is 0 Å². The minimum Gasteiger partial charge on any atom is -0.347 e. The summed E-state index contributed by atoms with van der Waals surface area (Å²) in [6, 6.07) is 31.8. The Hall–Kier alpha value is -3.13. The van der Waals surface area contributed by atoms with E-state index in [9.17, 15) is 0 Å². The molecule has 0 fully saturated rings. The van der Waals surface area contributed by atoms with E-state index < -0.39 is 5.41 Å². The topological polar surface area (TPSA) is 28.7 Å². The van der Waals surface area contributed by atoms with Gasteiger partial charge in [-0.25, -0.2) is 4.98 Å². The van der Waals surface area contributed by atoms with Crippen LogP contribution in [0.25, 0.3) is 0 Å². The molecule has 1 aromatic heterocycles. The van der Waals surface area contributed by atoms with Crippen LogP contribution in [0.5, 0.6) is 0 Å². The molecule has 4 aromatic rings. The van der Waals surface area contributed by atoms with Crippen LogP contribution in [0.4, 0.5) is 0 Å². The number of hydrogen-bond donors (Lipinski definition) is 1. The lowest BCUT2D eigenvalue weighted by atomic mass is 9.69. The Morgan fingerprint density at radius 2 is 1.04 bits per heavy atom. The lowest BCUT2D eigenvalue weighted by Gasteiger charge is -2.34. The minimum absolute atomic E-state index is 0.474. The fourth-order valence-corrected chi connectivity index (χ4v) is 3.58. The molecule has 0 bridgehead atoms. The fraction of sp³-hybridized carbons (Fsp3) is 0.0870. The van der Waals surface area contributed by atoms with Gasteiger partial charge in [0.15, 0.2) is 0 Å². The third-order valence-corrected chi connectivity index (χ3v) is 4.68. The highest BCUT2D eigenvalue weighted by atomic mass is 14.9. The van der Waals surface area contributed by atoms with E-state index in [1.54, 1.807) is 0 Å². The fourth-order valence-electron chi connectivity index (χ4n) is 3.58. The summed E-state index contributed by atoms with van der Waals surface area (Å²) in [5.74, 6) is 0.939. The van der Waals surface area contributed by atoms with Gasteiger partial charge < -0.3 is 4.98 Å². The number of H-pyrrole nitrogens is 1. The van der Waals surface area contributed by atoms with Crippen LogP contribution >= 0.6 is 0 Å². The van der Waals surface area contributed by atoms with E-state index in [-0.39, 0.29) is 0 Å². The molecule has 122 valence electrons. The van der Waals surface area contributed by atoms with Gasteiger partial charge in [0, 0.05) is 6.20 Å². The average molecular weight is 324 g/mol. The molecule has 2 heteroatoms. The third kappa shape index (κ3) is 2.56. The maximum Gasteiger partial charge on any atom is 0.126 e. The highest BCUT2D eigenvalue weighted by molar-refractivity contribution is 5.56. The van der Waals surface area contributed by atoms with Gasteiger partial charge >= 0.3 is 0 Å². The standard InChI is InChI=1S/C23H20N2/c1-18-17-24-22(25-18)23(19-11-5-2-6-12-19,20-13-7-3-8-14-20)21-15-9-4-10-16-21/h2-17H,1H3,(H,24,25). The van der Waals surface area contributed by atoms with Gasteiger partial charge in [0.1, 0.15) is 11.2 Å². The first kappa shape index (κ1) is 15.4. The zero-order valence-corrected chi connectivity index (χ0v) is 14.2. The van der Waals surface area contributed by atoms with E-state index in [0.717, 1.165) is 11.5 Å². The van der Waals surface area contributed by atoms with Gasteiger partial charge in [0.05, 0.1) is 5.69 Å². The number of aryl methyl sites for hydroxylation is 1. The highest BCUT2D eigenvalue weighted by Crippen LogP contribution is 2.43. The quantitative estimate of drug-likeness (QED) is 0.520. The van der Waals surface area contributed by atoms with E-state index in [2.05, 4.69) is 96.0 Å². The SMILES string of the molecule is Cc1c[nH]c(C(c2ccccc2)(c2ccccc2)c2ccccc2)n1. The van der Waals surface area contributed by atoms with Crippen molar-refractivity contribution in [2.24, 2.45) is 0 Å². The molecule has 0 aliphatic rings. The molecule has 2 nitrogen and oxygen atoms in total. The van der Waals surface area contributed by atoms with E-state index >= 15 is 0 Å². The van der Waals surface area contributed by atoms with Crippen LogP contribution in [0.1, 0.15) is 28.2 Å². The van der Waals surface area contributed by atoms with Crippen molar-refractivity contribution in [2.75, 3.05) is 0 Å². The molecule has 0 unspecified atom stereocenters. The molecule has 25 heavy (non-hydrogen) atoms. The van der Waals surface area contributed by atoms with Gasteiger partial charge in [-0.05, 0) is 23.6 Å². The average Bonchev–Trinajstić information content (AvgIpc) is 3.12. The zero-order valence-electron chi connectivity index (χ0n) is 14.2. The molecule has 3 aromatic carbocycles. The van der Waals surface area contributed by atoms with E-state index in [1.807, 2.05) is 13.1 Å². The third-order valence-electron chi connectivity index (χ3n) is 4.68. The van der Waals surface area contributed by atoms with Gasteiger partial charge in [0.2, 0.25) is 0 Å². The molecule has 0 aliphatic carbocycles. The molecular weight excluding hydrogens is 304 g/mol. The zero-order chi connectivity index (χ0) is 17.1. The van der Waals surface area contributed by atoms with Gasteiger partial charge in [-0.1, -0.05) is 91.0 Å². The number of imidazole rings is 1. The molecule has 0 spiro atoms. The van der Waals surface area contributed by atoms with Crippen molar-refractivity contribution in [1.29, 1.82) is 0 Å². The van der Waals surface area contributed by atoms with Gasteiger partial charge in [0.25, 0.3) is 0 Å². The number of nitrogens with zero attached hydrogens (tertiary/aromatic N) is 1. The second kappa shape index (κ2) is 6.40. The Bertz CT molecular complexity index is 844. The van der Waals surface area contributed by atoms with Crippen molar-refractivity contribution in [1.82, 2.24) is 9.97 Å². The van der Waals surface area contributed by atoms with Gasteiger partial charge in [-0.15, -0.1) is 0 Å². The predicted octanol–water partition coefficient (Wildman–Crippen LogP) is 5.10. The Labute approximate surface area is 148 Å². The largest absolute Gasteiger partial charge is 0.347 e. The first-order chi connectivity index (χ1) is 12.3. The summed E-state index contributed by atoms with van der Waals surface area (Å²) in [7, 11) is 0. The van der Waals surface area contributed by atoms with Crippen LogP contribution in [-0.2, 0) is 5.41 Å². The van der Waals surface area contributed by atoms with Crippen LogP contribution in [0.2, 0.25) is 0 Å². The molecule has 0 amide bonds. The second-order valence-corrected chi connectivity index (χ2v) is 6.24. The van der Waals surface area contributed by atoms with Crippen molar-refractivity contribution >= 4 is 0 Å². The smallest absolute Gasteiger partial charge is 0.126 e. The van der Waals surface area contributed by atoms with Crippen LogP contribution in [0.3, 0.4) is 0 Å². The Kier molecular flexibility index (Phi) is 3.95. The Morgan fingerprint density at radius 3 is 1.36 bits per heavy atom. The summed E-state index contributed by atoms with van der Waals surface area (Å²) in [6.07, 6.45) is 1.97. The van der Waals surface area contributed by atoms with E-state index in [4.69, 9.17) is 4.98 Å². The number of aromatic amines is 1. The minimum atomic E-state index is -0.474. The summed E-state index contributed by atoms with van der Waals surface area (Å²) >= 11 is 0. The highest BCUT2D eigenvalue weighted by Gasteiger charge is 2.40. The predicted molar refractivity (Wildman–Crippen MR) is 102 cm³/mol. The Morgan fingerprint density at radius 1 is 0.640 bits per heavy atom. The maximum atomic E-state index is 4.86. The molecule has 0 saturated heterocycles. The number of rotatable bonds is 4. The monoisotopic (exact) mass is 324 g/mol. The number of aromatic nitrogens is 2. The summed E-state index contributed by atoms with van der Waals surface area (Å²) in [6.45, 7) is 2.02.